The largest absolute Gasteiger partial charge is 0.485 e. The number of benzene rings is 2. The quantitative estimate of drug-likeness (QED) is 0.387. The highest BCUT2D eigenvalue weighted by Gasteiger charge is 2.13. The zero-order valence-electron chi connectivity index (χ0n) is 16.5. The molecule has 2 aromatic heterocycles. The van der Waals surface area contributed by atoms with Crippen molar-refractivity contribution in [2.45, 2.75) is 13.5 Å². The second kappa shape index (κ2) is 8.12. The third-order valence-electron chi connectivity index (χ3n) is 4.49. The van der Waals surface area contributed by atoms with Crippen LogP contribution in [0.5, 0.6) is 5.75 Å². The van der Waals surface area contributed by atoms with E-state index in [4.69, 9.17) is 14.9 Å². The maximum atomic E-state index is 11.6. The minimum atomic E-state index is -0.534. The number of furan rings is 1. The van der Waals surface area contributed by atoms with E-state index in [0.717, 1.165) is 22.0 Å². The normalized spacial score (nSPS) is 11.3. The number of carbonyl (C=O) groups excluding carboxylic acids is 1. The Labute approximate surface area is 172 Å². The molecule has 8 heteroatoms. The van der Waals surface area contributed by atoms with Gasteiger partial charge >= 0.3 is 5.97 Å². The number of fused-ring (bicyclic) bond motifs is 1. The summed E-state index contributed by atoms with van der Waals surface area (Å²) in [5, 5.41) is 6.46. The van der Waals surface area contributed by atoms with Gasteiger partial charge in [-0.25, -0.2) is 14.5 Å². The third-order valence-corrected chi connectivity index (χ3v) is 4.49. The van der Waals surface area contributed by atoms with Crippen LogP contribution in [0.15, 0.2) is 64.2 Å². The molecule has 0 aliphatic rings. The maximum Gasteiger partial charge on any atom is 0.373 e. The molecule has 0 saturated heterocycles. The van der Waals surface area contributed by atoms with E-state index >= 15 is 0 Å². The molecule has 0 saturated carbocycles. The molecule has 2 aromatic carbocycles. The Bertz CT molecular complexity index is 1240. The van der Waals surface area contributed by atoms with Gasteiger partial charge < -0.3 is 19.6 Å². The summed E-state index contributed by atoms with van der Waals surface area (Å²) in [6.45, 7) is 1.99. The summed E-state index contributed by atoms with van der Waals surface area (Å²) in [7, 11) is 1.30. The first kappa shape index (κ1) is 19.3. The van der Waals surface area contributed by atoms with Crippen LogP contribution < -0.4 is 10.5 Å². The van der Waals surface area contributed by atoms with Gasteiger partial charge in [0.2, 0.25) is 11.7 Å². The Morgan fingerprint density at radius 3 is 2.83 bits per heavy atom. The monoisotopic (exact) mass is 404 g/mol. The SMILES string of the molecule is COC(=O)c1ccc(COc2ccc3ccccc3c2C=Nn2cc(C)nc2N)o1. The molecule has 0 bridgehead atoms. The van der Waals surface area contributed by atoms with E-state index in [-0.39, 0.29) is 12.4 Å². The number of hydrogen-bond donors (Lipinski definition) is 1. The molecule has 0 radical (unpaired) electrons. The number of imidazole rings is 1. The number of carbonyl (C=O) groups is 1. The van der Waals surface area contributed by atoms with Gasteiger partial charge in [-0.05, 0) is 35.9 Å². The van der Waals surface area contributed by atoms with Gasteiger partial charge in [0.05, 0.1) is 25.2 Å². The molecule has 0 atom stereocenters. The predicted octanol–water partition coefficient (Wildman–Crippen LogP) is 3.77. The van der Waals surface area contributed by atoms with Crippen molar-refractivity contribution in [3.8, 4) is 5.75 Å². The van der Waals surface area contributed by atoms with Crippen LogP contribution in [0.2, 0.25) is 0 Å². The number of esters is 1. The first-order valence-electron chi connectivity index (χ1n) is 9.22. The summed E-state index contributed by atoms with van der Waals surface area (Å²) in [5.41, 5.74) is 7.45. The van der Waals surface area contributed by atoms with Crippen molar-refractivity contribution in [1.82, 2.24) is 9.66 Å². The second-order valence-electron chi connectivity index (χ2n) is 6.57. The number of aromatic nitrogens is 2. The molecule has 2 N–H and O–H groups in total. The highest BCUT2D eigenvalue weighted by atomic mass is 16.5. The van der Waals surface area contributed by atoms with Crippen LogP contribution >= 0.6 is 0 Å². The van der Waals surface area contributed by atoms with Crippen LogP contribution in [-0.2, 0) is 11.3 Å². The lowest BCUT2D eigenvalue weighted by atomic mass is 10.0. The number of methoxy groups -OCH3 is 1. The number of anilines is 1. The average molecular weight is 404 g/mol. The highest BCUT2D eigenvalue weighted by Crippen LogP contribution is 2.28. The molecule has 30 heavy (non-hydrogen) atoms. The van der Waals surface area contributed by atoms with Crippen LogP contribution in [0.1, 0.15) is 27.6 Å². The molecule has 0 aliphatic carbocycles. The minimum absolute atomic E-state index is 0.127. The van der Waals surface area contributed by atoms with Crippen LogP contribution in [-0.4, -0.2) is 29.0 Å². The lowest BCUT2D eigenvalue weighted by molar-refractivity contribution is 0.0561. The standard InChI is InChI=1S/C22H20N4O4/c1-14-12-26(22(23)25-14)24-11-18-17-6-4-3-5-15(17)7-9-19(18)29-13-16-8-10-20(30-16)21(27)28-2/h3-12H,13H2,1-2H3,(H2,23,25). The lowest BCUT2D eigenvalue weighted by Gasteiger charge is -2.11. The Morgan fingerprint density at radius 2 is 2.07 bits per heavy atom. The van der Waals surface area contributed by atoms with E-state index in [1.54, 1.807) is 24.5 Å². The van der Waals surface area contributed by atoms with Gasteiger partial charge in [-0.2, -0.15) is 5.10 Å². The summed E-state index contributed by atoms with van der Waals surface area (Å²) in [4.78, 5) is 15.7. The fourth-order valence-electron chi connectivity index (χ4n) is 3.07. The second-order valence-corrected chi connectivity index (χ2v) is 6.57. The van der Waals surface area contributed by atoms with Crippen molar-refractivity contribution < 1.29 is 18.7 Å². The predicted molar refractivity (Wildman–Crippen MR) is 113 cm³/mol. The number of ether oxygens (including phenoxy) is 2. The fourth-order valence-corrected chi connectivity index (χ4v) is 3.07. The molecule has 0 aliphatic heterocycles. The zero-order valence-corrected chi connectivity index (χ0v) is 16.5. The number of aryl methyl sites for hydroxylation is 1. The Balaban J connectivity index is 1.65. The minimum Gasteiger partial charge on any atom is -0.485 e. The molecule has 4 rings (SSSR count). The van der Waals surface area contributed by atoms with E-state index in [9.17, 15) is 4.79 Å². The van der Waals surface area contributed by atoms with Gasteiger partial charge in [-0.15, -0.1) is 0 Å². The van der Waals surface area contributed by atoms with Crippen molar-refractivity contribution in [3.05, 3.63) is 77.5 Å². The molecule has 0 unspecified atom stereocenters. The summed E-state index contributed by atoms with van der Waals surface area (Å²) < 4.78 is 17.6. The molecule has 0 spiro atoms. The first-order chi connectivity index (χ1) is 14.5. The van der Waals surface area contributed by atoms with E-state index < -0.39 is 5.97 Å². The third kappa shape index (κ3) is 3.88. The van der Waals surface area contributed by atoms with Crippen molar-refractivity contribution in [2.75, 3.05) is 12.8 Å². The van der Waals surface area contributed by atoms with E-state index in [0.29, 0.717) is 17.5 Å². The molecule has 0 fully saturated rings. The van der Waals surface area contributed by atoms with Crippen LogP contribution in [0, 0.1) is 6.92 Å². The Morgan fingerprint density at radius 1 is 1.23 bits per heavy atom. The van der Waals surface area contributed by atoms with Crippen molar-refractivity contribution >= 4 is 28.9 Å². The van der Waals surface area contributed by atoms with Gasteiger partial charge in [0.25, 0.3) is 0 Å². The van der Waals surface area contributed by atoms with Crippen LogP contribution in [0.25, 0.3) is 10.8 Å². The maximum absolute atomic E-state index is 11.6. The van der Waals surface area contributed by atoms with Crippen molar-refractivity contribution in [1.29, 1.82) is 0 Å². The number of nitrogens with zero attached hydrogens (tertiary/aromatic N) is 3. The molecular weight excluding hydrogens is 384 g/mol. The molecule has 8 nitrogen and oxygen atoms in total. The average Bonchev–Trinajstić information content (AvgIpc) is 3.36. The molecule has 152 valence electrons. The molecular formula is C22H20N4O4. The number of rotatable bonds is 6. The zero-order chi connectivity index (χ0) is 21.1. The highest BCUT2D eigenvalue weighted by molar-refractivity contribution is 6.02. The van der Waals surface area contributed by atoms with Crippen molar-refractivity contribution in [3.63, 3.8) is 0 Å². The van der Waals surface area contributed by atoms with Gasteiger partial charge in [0.15, 0.2) is 0 Å². The lowest BCUT2D eigenvalue weighted by Crippen LogP contribution is -2.01. The summed E-state index contributed by atoms with van der Waals surface area (Å²) >= 11 is 0. The van der Waals surface area contributed by atoms with E-state index in [2.05, 4.69) is 14.8 Å². The van der Waals surface area contributed by atoms with Gasteiger partial charge in [0.1, 0.15) is 18.1 Å². The summed E-state index contributed by atoms with van der Waals surface area (Å²) in [6, 6.07) is 15.0. The number of nitrogens with two attached hydrogens (primary N) is 1. The Kier molecular flexibility index (Phi) is 5.21. The molecule has 2 heterocycles. The van der Waals surface area contributed by atoms with E-state index in [1.807, 2.05) is 43.3 Å². The van der Waals surface area contributed by atoms with Crippen LogP contribution in [0.4, 0.5) is 5.95 Å². The van der Waals surface area contributed by atoms with Gasteiger partial charge in [-0.3, -0.25) is 0 Å². The van der Waals surface area contributed by atoms with Gasteiger partial charge in [-0.1, -0.05) is 30.3 Å². The first-order valence-corrected chi connectivity index (χ1v) is 9.22. The Hall–Kier alpha value is -4.07. The van der Waals surface area contributed by atoms with Gasteiger partial charge in [0, 0.05) is 5.56 Å². The van der Waals surface area contributed by atoms with Crippen molar-refractivity contribution in [2.24, 2.45) is 5.10 Å². The van der Waals surface area contributed by atoms with Crippen LogP contribution in [0.3, 0.4) is 0 Å². The molecule has 0 amide bonds. The number of nitrogen functional groups attached to an aromatic ring is 1. The smallest absolute Gasteiger partial charge is 0.373 e. The molecule has 4 aromatic rings. The summed E-state index contributed by atoms with van der Waals surface area (Å²) in [6.07, 6.45) is 3.44. The topological polar surface area (TPSA) is 105 Å². The fraction of sp³-hybridized carbons (Fsp3) is 0.136. The number of hydrogen-bond acceptors (Lipinski definition) is 7. The summed E-state index contributed by atoms with van der Waals surface area (Å²) in [5.74, 6) is 1.01. The van der Waals surface area contributed by atoms with E-state index in [1.165, 1.54) is 11.8 Å².